The Morgan fingerprint density at radius 2 is 1.62 bits per heavy atom. The van der Waals surface area contributed by atoms with Crippen LogP contribution in [0.25, 0.3) is 28.2 Å². The molecule has 0 saturated carbocycles. The minimum Gasteiger partial charge on any atom is -0.468 e. The number of methoxy groups -OCH3 is 1. The molecule has 39 heavy (non-hydrogen) atoms. The van der Waals surface area contributed by atoms with E-state index in [9.17, 15) is 9.59 Å². The third-order valence-electron chi connectivity index (χ3n) is 6.46. The maximum Gasteiger partial charge on any atom is 0.439 e. The number of H-pyrrole nitrogens is 1. The quantitative estimate of drug-likeness (QED) is 0.266. The second-order valence-corrected chi connectivity index (χ2v) is 8.97. The zero-order valence-corrected chi connectivity index (χ0v) is 25.4. The molecular weight excluding hydrogens is 519 g/mol. The van der Waals surface area contributed by atoms with E-state index < -0.39 is 5.76 Å². The van der Waals surface area contributed by atoms with Gasteiger partial charge in [-0.05, 0) is 41.7 Å². The Morgan fingerprint density at radius 3 is 2.26 bits per heavy atom. The largest absolute Gasteiger partial charge is 0.468 e. The summed E-state index contributed by atoms with van der Waals surface area (Å²) in [5.74, 6) is -0.223. The normalized spacial score (nSPS) is 10.7. The van der Waals surface area contributed by atoms with Gasteiger partial charge in [-0.15, -0.1) is 0 Å². The van der Waals surface area contributed by atoms with Gasteiger partial charge in [0.2, 0.25) is 0 Å². The predicted molar refractivity (Wildman–Crippen MR) is 152 cm³/mol. The number of benzene rings is 3. The minimum absolute atomic E-state index is 0. The maximum absolute atomic E-state index is 13.8. The Morgan fingerprint density at radius 1 is 0.923 bits per heavy atom. The Kier molecular flexibility index (Phi) is 9.87. The number of hydrogen-bond donors (Lipinski definition) is 1. The Balaban J connectivity index is 0.00000353. The first kappa shape index (κ1) is 28.9. The van der Waals surface area contributed by atoms with Crippen LogP contribution in [0.3, 0.4) is 0 Å². The number of unbranched alkanes of at least 4 members (excludes halogenated alkanes) is 1. The Bertz CT molecular complexity index is 1660. The summed E-state index contributed by atoms with van der Waals surface area (Å²) in [7, 11) is 1.54. The summed E-state index contributed by atoms with van der Waals surface area (Å²) in [6.45, 7) is 2.12. The molecule has 0 fully saturated rings. The molecule has 0 saturated heterocycles. The summed E-state index contributed by atoms with van der Waals surface area (Å²) >= 11 is 0. The van der Waals surface area contributed by atoms with Crippen LogP contribution in [0.4, 0.5) is 0 Å². The van der Waals surface area contributed by atoms with E-state index in [1.54, 1.807) is 0 Å². The van der Waals surface area contributed by atoms with Gasteiger partial charge in [-0.2, -0.15) is 0 Å². The summed E-state index contributed by atoms with van der Waals surface area (Å²) in [4.78, 5) is 32.7. The van der Waals surface area contributed by atoms with E-state index in [1.165, 1.54) is 11.7 Å². The molecule has 8 nitrogen and oxygen atoms in total. The minimum atomic E-state index is -0.599. The topological polar surface area (TPSA) is 103 Å². The number of aromatic amines is 1. The number of para-hydroxylation sites is 1. The number of nitrogens with one attached hydrogen (secondary N) is 1. The van der Waals surface area contributed by atoms with E-state index in [0.717, 1.165) is 40.8 Å². The third kappa shape index (κ3) is 6.39. The SMILES string of the molecule is CCCCc1nc(OC)n(-c2ccccc2)c(=O)c1Cc1ccc(-c2ccccc2-c2noc(=O)[nH]2)cc1.[K]. The summed E-state index contributed by atoms with van der Waals surface area (Å²) in [6.07, 6.45) is 3.07. The first-order chi connectivity index (χ1) is 18.6. The molecule has 0 atom stereocenters. The monoisotopic (exact) mass is 547 g/mol. The zero-order valence-electron chi connectivity index (χ0n) is 22.3. The van der Waals surface area contributed by atoms with Crippen molar-refractivity contribution in [1.82, 2.24) is 19.7 Å². The molecule has 0 aliphatic rings. The van der Waals surface area contributed by atoms with E-state index >= 15 is 0 Å². The summed E-state index contributed by atoms with van der Waals surface area (Å²) in [5, 5.41) is 3.84. The van der Waals surface area contributed by atoms with Gasteiger partial charge in [-0.1, -0.05) is 85.2 Å². The standard InChI is InChI=1S/C30H28N4O4.K/c1-3-4-14-26-25(28(35)34(29(31-26)37-2)22-10-6-5-7-11-22)19-20-15-17-21(18-16-20)23-12-8-9-13-24(23)27-32-30(36)38-33-27;/h5-13,15-18H,3-4,14,19H2,1-2H3,(H,32,33,36);. The van der Waals surface area contributed by atoms with Crippen molar-refractivity contribution < 1.29 is 9.26 Å². The van der Waals surface area contributed by atoms with Crippen LogP contribution in [0, 0.1) is 0 Å². The van der Waals surface area contributed by atoms with Crippen molar-refractivity contribution in [1.29, 1.82) is 0 Å². The fourth-order valence-electron chi connectivity index (χ4n) is 4.54. The van der Waals surface area contributed by atoms with E-state index in [4.69, 9.17) is 14.2 Å². The smallest absolute Gasteiger partial charge is 0.439 e. The number of rotatable bonds is 9. The molecule has 5 rings (SSSR count). The zero-order chi connectivity index (χ0) is 26.5. The van der Waals surface area contributed by atoms with Gasteiger partial charge in [-0.3, -0.25) is 14.3 Å². The third-order valence-corrected chi connectivity index (χ3v) is 6.46. The number of nitrogens with zero attached hydrogens (tertiary/aromatic N) is 3. The van der Waals surface area contributed by atoms with Gasteiger partial charge in [0.05, 0.1) is 18.5 Å². The maximum atomic E-state index is 13.8. The van der Waals surface area contributed by atoms with Crippen LogP contribution in [-0.2, 0) is 12.8 Å². The van der Waals surface area contributed by atoms with Gasteiger partial charge in [-0.25, -0.2) is 14.3 Å². The van der Waals surface area contributed by atoms with Crippen LogP contribution in [0.1, 0.15) is 36.6 Å². The van der Waals surface area contributed by atoms with Crippen LogP contribution in [0.2, 0.25) is 0 Å². The van der Waals surface area contributed by atoms with E-state index in [2.05, 4.69) is 17.1 Å². The molecule has 3 aromatic carbocycles. The molecule has 9 heteroatoms. The van der Waals surface area contributed by atoms with Crippen molar-refractivity contribution in [3.05, 3.63) is 117 Å². The van der Waals surface area contributed by atoms with E-state index in [1.807, 2.05) is 78.9 Å². The van der Waals surface area contributed by atoms with E-state index in [-0.39, 0.29) is 63.0 Å². The number of hydrogen-bond acceptors (Lipinski definition) is 6. The van der Waals surface area contributed by atoms with Gasteiger partial charge < -0.3 is 4.74 Å². The van der Waals surface area contributed by atoms with Crippen molar-refractivity contribution in [3.63, 3.8) is 0 Å². The summed E-state index contributed by atoms with van der Waals surface area (Å²) in [5.41, 5.74) is 5.63. The fourth-order valence-corrected chi connectivity index (χ4v) is 4.54. The van der Waals surface area contributed by atoms with Crippen molar-refractivity contribution in [2.75, 3.05) is 7.11 Å². The van der Waals surface area contributed by atoms with Crippen molar-refractivity contribution in [3.8, 4) is 34.2 Å². The molecule has 1 radical (unpaired) electrons. The second-order valence-electron chi connectivity index (χ2n) is 8.97. The van der Waals surface area contributed by atoms with Crippen LogP contribution in [0.5, 0.6) is 6.01 Å². The molecule has 2 aromatic heterocycles. The average molecular weight is 548 g/mol. The number of aromatic nitrogens is 4. The van der Waals surface area contributed by atoms with Crippen LogP contribution in [0.15, 0.2) is 93.0 Å². The molecular formula is C30H28KN4O4. The molecule has 0 amide bonds. The predicted octanol–water partition coefficient (Wildman–Crippen LogP) is 4.80. The van der Waals surface area contributed by atoms with Crippen LogP contribution < -0.4 is 16.1 Å². The van der Waals surface area contributed by atoms with Gasteiger partial charge in [0, 0.05) is 68.9 Å². The first-order valence-electron chi connectivity index (χ1n) is 12.6. The van der Waals surface area contributed by atoms with Gasteiger partial charge >= 0.3 is 11.8 Å². The number of aryl methyl sites for hydroxylation is 1. The molecule has 0 aliphatic heterocycles. The van der Waals surface area contributed by atoms with Crippen molar-refractivity contribution in [2.45, 2.75) is 32.6 Å². The van der Waals surface area contributed by atoms with Gasteiger partial charge in [0.1, 0.15) is 0 Å². The Labute approximate surface area is 268 Å². The first-order valence-corrected chi connectivity index (χ1v) is 12.6. The Hall–Kier alpha value is -3.08. The van der Waals surface area contributed by atoms with Crippen LogP contribution >= 0.6 is 0 Å². The second kappa shape index (κ2) is 13.3. The average Bonchev–Trinajstić information content (AvgIpc) is 3.40. The molecule has 5 aromatic rings. The van der Waals surface area contributed by atoms with Gasteiger partial charge in [0.15, 0.2) is 5.82 Å². The molecule has 2 heterocycles. The molecule has 0 unspecified atom stereocenters. The number of ether oxygens (including phenoxy) is 1. The van der Waals surface area contributed by atoms with Crippen molar-refractivity contribution in [2.24, 2.45) is 0 Å². The molecule has 0 spiro atoms. The van der Waals surface area contributed by atoms with E-state index in [0.29, 0.717) is 29.9 Å². The summed E-state index contributed by atoms with van der Waals surface area (Å²) < 4.78 is 11.8. The summed E-state index contributed by atoms with van der Waals surface area (Å²) in [6, 6.07) is 25.4. The molecule has 1 N–H and O–H groups in total. The molecule has 193 valence electrons. The fraction of sp³-hybridized carbons (Fsp3) is 0.200. The molecule has 0 bridgehead atoms. The van der Waals surface area contributed by atoms with Gasteiger partial charge in [0.25, 0.3) is 5.56 Å². The van der Waals surface area contributed by atoms with Crippen molar-refractivity contribution >= 4 is 51.4 Å². The van der Waals surface area contributed by atoms with Crippen LogP contribution in [-0.4, -0.2) is 78.2 Å². The molecule has 0 aliphatic carbocycles.